The Hall–Kier alpha value is -3.03. The molecule has 2 amide bonds. The molecule has 0 atom stereocenters. The standard InChI is InChI=1S/C21H17N3O2S2/c1-11-12(2)28-21(18(11)19(22)25)24-20(26)14-10-16(17-8-5-9-27-17)23-15-7-4-3-6-13(14)15/h3-10H,1-2H3,(H2,22,25)(H,24,26). The van der Waals surface area contributed by atoms with Gasteiger partial charge in [0.05, 0.1) is 27.2 Å². The van der Waals surface area contributed by atoms with E-state index in [1.54, 1.807) is 17.4 Å². The Bertz CT molecular complexity index is 1210. The first-order valence-electron chi connectivity index (χ1n) is 8.60. The number of hydrogen-bond donors (Lipinski definition) is 2. The number of rotatable bonds is 4. The normalized spacial score (nSPS) is 10.9. The Kier molecular flexibility index (Phi) is 4.70. The van der Waals surface area contributed by atoms with Crippen LogP contribution < -0.4 is 11.1 Å². The van der Waals surface area contributed by atoms with E-state index in [2.05, 4.69) is 5.32 Å². The zero-order chi connectivity index (χ0) is 19.8. The summed E-state index contributed by atoms with van der Waals surface area (Å²) >= 11 is 2.92. The molecule has 3 heterocycles. The van der Waals surface area contributed by atoms with Gasteiger partial charge in [-0.25, -0.2) is 4.98 Å². The average molecular weight is 408 g/mol. The van der Waals surface area contributed by atoms with E-state index in [1.807, 2.05) is 55.6 Å². The summed E-state index contributed by atoms with van der Waals surface area (Å²) < 4.78 is 0. The lowest BCUT2D eigenvalue weighted by Crippen LogP contribution is -2.18. The molecule has 0 spiro atoms. The molecule has 0 saturated heterocycles. The van der Waals surface area contributed by atoms with Crippen LogP contribution in [-0.4, -0.2) is 16.8 Å². The second kappa shape index (κ2) is 7.18. The number of primary amides is 1. The Balaban J connectivity index is 1.82. The number of thiophene rings is 2. The first kappa shape index (κ1) is 18.3. The van der Waals surface area contributed by atoms with Crippen LogP contribution >= 0.6 is 22.7 Å². The number of carbonyl (C=O) groups excluding carboxylic acids is 2. The SMILES string of the molecule is Cc1sc(NC(=O)c2cc(-c3cccs3)nc3ccccc23)c(C(N)=O)c1C. The molecule has 0 aliphatic heterocycles. The van der Waals surface area contributed by atoms with E-state index in [9.17, 15) is 9.59 Å². The minimum absolute atomic E-state index is 0.292. The highest BCUT2D eigenvalue weighted by atomic mass is 32.1. The third kappa shape index (κ3) is 3.19. The molecule has 0 aliphatic carbocycles. The second-order valence-corrected chi connectivity index (χ2v) is 8.53. The van der Waals surface area contributed by atoms with Gasteiger partial charge in [-0.05, 0) is 43.0 Å². The number of nitrogens with zero attached hydrogens (tertiary/aromatic N) is 1. The molecule has 1 aromatic carbocycles. The average Bonchev–Trinajstić information content (AvgIpc) is 3.29. The van der Waals surface area contributed by atoms with Gasteiger partial charge < -0.3 is 11.1 Å². The molecule has 0 unspecified atom stereocenters. The number of amides is 2. The number of nitrogens with two attached hydrogens (primary N) is 1. The number of hydrogen-bond acceptors (Lipinski definition) is 5. The number of anilines is 1. The first-order chi connectivity index (χ1) is 13.5. The number of aromatic nitrogens is 1. The maximum atomic E-state index is 13.2. The van der Waals surface area contributed by atoms with Crippen molar-refractivity contribution in [2.24, 2.45) is 5.73 Å². The van der Waals surface area contributed by atoms with E-state index in [1.165, 1.54) is 11.3 Å². The van der Waals surface area contributed by atoms with Crippen molar-refractivity contribution in [3.63, 3.8) is 0 Å². The Morgan fingerprint density at radius 1 is 1.11 bits per heavy atom. The van der Waals surface area contributed by atoms with Gasteiger partial charge in [0.25, 0.3) is 11.8 Å². The molecule has 0 radical (unpaired) electrons. The number of nitrogens with one attached hydrogen (secondary N) is 1. The Morgan fingerprint density at radius 3 is 2.61 bits per heavy atom. The van der Waals surface area contributed by atoms with Crippen molar-refractivity contribution in [2.75, 3.05) is 5.32 Å². The summed E-state index contributed by atoms with van der Waals surface area (Å²) in [6, 6.07) is 13.2. The van der Waals surface area contributed by atoms with Crippen LogP contribution in [-0.2, 0) is 0 Å². The monoisotopic (exact) mass is 407 g/mol. The molecule has 0 bridgehead atoms. The summed E-state index contributed by atoms with van der Waals surface area (Å²) in [7, 11) is 0. The fraction of sp³-hybridized carbons (Fsp3) is 0.0952. The number of aryl methyl sites for hydroxylation is 1. The van der Waals surface area contributed by atoms with E-state index in [0.29, 0.717) is 16.1 Å². The molecule has 0 aliphatic rings. The van der Waals surface area contributed by atoms with Crippen LogP contribution in [0, 0.1) is 13.8 Å². The van der Waals surface area contributed by atoms with E-state index in [-0.39, 0.29) is 5.91 Å². The second-order valence-electron chi connectivity index (χ2n) is 6.36. The number of carbonyl (C=O) groups is 2. The van der Waals surface area contributed by atoms with Gasteiger partial charge in [0, 0.05) is 10.3 Å². The molecule has 4 rings (SSSR count). The minimum Gasteiger partial charge on any atom is -0.365 e. The predicted octanol–water partition coefficient (Wildman–Crippen LogP) is 4.99. The third-order valence-electron chi connectivity index (χ3n) is 4.59. The van der Waals surface area contributed by atoms with Crippen LogP contribution in [0.15, 0.2) is 47.8 Å². The van der Waals surface area contributed by atoms with Crippen molar-refractivity contribution < 1.29 is 9.59 Å². The van der Waals surface area contributed by atoms with E-state index in [4.69, 9.17) is 10.7 Å². The highest BCUT2D eigenvalue weighted by molar-refractivity contribution is 7.17. The van der Waals surface area contributed by atoms with E-state index >= 15 is 0 Å². The smallest absolute Gasteiger partial charge is 0.257 e. The number of benzene rings is 1. The van der Waals surface area contributed by atoms with Crippen molar-refractivity contribution in [3.05, 3.63) is 69.4 Å². The minimum atomic E-state index is -0.545. The van der Waals surface area contributed by atoms with Gasteiger partial charge in [-0.2, -0.15) is 0 Å². The predicted molar refractivity (Wildman–Crippen MR) is 115 cm³/mol. The molecule has 140 valence electrons. The highest BCUT2D eigenvalue weighted by Crippen LogP contribution is 2.33. The van der Waals surface area contributed by atoms with Crippen LogP contribution in [0.3, 0.4) is 0 Å². The lowest BCUT2D eigenvalue weighted by molar-refractivity contribution is 0.100. The van der Waals surface area contributed by atoms with Gasteiger partial charge in [-0.3, -0.25) is 9.59 Å². The van der Waals surface area contributed by atoms with Gasteiger partial charge in [-0.15, -0.1) is 22.7 Å². The van der Waals surface area contributed by atoms with E-state index < -0.39 is 5.91 Å². The van der Waals surface area contributed by atoms with Crippen molar-refractivity contribution >= 4 is 50.4 Å². The zero-order valence-corrected chi connectivity index (χ0v) is 16.9. The van der Waals surface area contributed by atoms with Crippen LogP contribution in [0.2, 0.25) is 0 Å². The third-order valence-corrected chi connectivity index (χ3v) is 6.61. The zero-order valence-electron chi connectivity index (χ0n) is 15.3. The lowest BCUT2D eigenvalue weighted by Gasteiger charge is -2.10. The lowest BCUT2D eigenvalue weighted by atomic mass is 10.1. The first-order valence-corrected chi connectivity index (χ1v) is 10.3. The summed E-state index contributed by atoms with van der Waals surface area (Å²) in [5.74, 6) is -0.837. The molecule has 7 heteroatoms. The van der Waals surface area contributed by atoms with Crippen molar-refractivity contribution in [2.45, 2.75) is 13.8 Å². The van der Waals surface area contributed by atoms with Gasteiger partial charge in [0.15, 0.2) is 0 Å². The molecular formula is C21H17N3O2S2. The van der Waals surface area contributed by atoms with Crippen molar-refractivity contribution in [1.82, 2.24) is 4.98 Å². The summed E-state index contributed by atoms with van der Waals surface area (Å²) in [5.41, 5.74) is 8.69. The van der Waals surface area contributed by atoms with Crippen LogP contribution in [0.5, 0.6) is 0 Å². The quantitative estimate of drug-likeness (QED) is 0.500. The van der Waals surface area contributed by atoms with Gasteiger partial charge in [0.1, 0.15) is 5.00 Å². The topological polar surface area (TPSA) is 85.1 Å². The largest absolute Gasteiger partial charge is 0.365 e. The molecular weight excluding hydrogens is 390 g/mol. The molecule has 28 heavy (non-hydrogen) atoms. The fourth-order valence-corrected chi connectivity index (χ4v) is 4.84. The summed E-state index contributed by atoms with van der Waals surface area (Å²) in [4.78, 5) is 31.7. The van der Waals surface area contributed by atoms with E-state index in [0.717, 1.165) is 31.9 Å². The molecule has 3 aromatic heterocycles. The maximum absolute atomic E-state index is 13.2. The summed E-state index contributed by atoms with van der Waals surface area (Å²) in [5, 5.41) is 6.10. The Morgan fingerprint density at radius 2 is 1.89 bits per heavy atom. The number of fused-ring (bicyclic) bond motifs is 1. The summed E-state index contributed by atoms with van der Waals surface area (Å²) in [6.45, 7) is 3.73. The van der Waals surface area contributed by atoms with Crippen molar-refractivity contribution in [3.8, 4) is 10.6 Å². The number of para-hydroxylation sites is 1. The Labute approximate surface area is 169 Å². The number of pyridine rings is 1. The maximum Gasteiger partial charge on any atom is 0.257 e. The van der Waals surface area contributed by atoms with Crippen molar-refractivity contribution in [1.29, 1.82) is 0 Å². The molecule has 4 aromatic rings. The van der Waals surface area contributed by atoms with Crippen LogP contribution in [0.4, 0.5) is 5.00 Å². The molecule has 5 nitrogen and oxygen atoms in total. The van der Waals surface area contributed by atoms with Gasteiger partial charge in [0.2, 0.25) is 0 Å². The molecule has 3 N–H and O–H groups in total. The molecule has 0 saturated carbocycles. The van der Waals surface area contributed by atoms with Crippen LogP contribution in [0.1, 0.15) is 31.2 Å². The van der Waals surface area contributed by atoms with Gasteiger partial charge >= 0.3 is 0 Å². The van der Waals surface area contributed by atoms with Crippen LogP contribution in [0.25, 0.3) is 21.5 Å². The molecule has 0 fully saturated rings. The van der Waals surface area contributed by atoms with Gasteiger partial charge in [-0.1, -0.05) is 24.3 Å². The summed E-state index contributed by atoms with van der Waals surface area (Å²) in [6.07, 6.45) is 0. The fourth-order valence-electron chi connectivity index (χ4n) is 3.10. The highest BCUT2D eigenvalue weighted by Gasteiger charge is 2.21.